The molecule has 0 aromatic rings. The molecule has 1 unspecified atom stereocenters. The predicted molar refractivity (Wildman–Crippen MR) is 40.5 cm³/mol. The van der Waals surface area contributed by atoms with Crippen molar-refractivity contribution in [1.29, 1.82) is 0 Å². The molecule has 1 atom stereocenters. The van der Waals surface area contributed by atoms with Gasteiger partial charge in [-0.3, -0.25) is 0 Å². The summed E-state index contributed by atoms with van der Waals surface area (Å²) in [4.78, 5) is 8.71. The van der Waals surface area contributed by atoms with E-state index in [-0.39, 0.29) is 0 Å². The van der Waals surface area contributed by atoms with Crippen molar-refractivity contribution < 1.29 is 9.42 Å². The molecule has 1 N–H and O–H groups in total. The van der Waals surface area contributed by atoms with Crippen LogP contribution in [0.25, 0.3) is 0 Å². The minimum Gasteiger partial charge on any atom is -0.350 e. The van der Waals surface area contributed by atoms with Crippen molar-refractivity contribution in [2.24, 2.45) is 5.92 Å². The molecule has 56 valence electrons. The van der Waals surface area contributed by atoms with Gasteiger partial charge in [0, 0.05) is 6.66 Å². The van der Waals surface area contributed by atoms with E-state index in [1.165, 1.54) is 0 Å². The maximum Gasteiger partial charge on any atom is 0.164 e. The first-order valence-corrected chi connectivity index (χ1v) is 4.84. The Bertz CT molecular complexity index is 56.1. The maximum atomic E-state index is 8.71. The Balaban J connectivity index is 2.91. The Morgan fingerprint density at radius 2 is 2.11 bits per heavy atom. The Kier molecular flexibility index (Phi) is 5.36. The summed E-state index contributed by atoms with van der Waals surface area (Å²) >= 11 is 0. The summed E-state index contributed by atoms with van der Waals surface area (Å²) in [7, 11) is -1.13. The molecular weight excluding hydrogens is 135 g/mol. The lowest BCUT2D eigenvalue weighted by atomic mass is 10.2. The molecule has 0 aliphatic heterocycles. The molecule has 0 fully saturated rings. The number of rotatable bonds is 4. The first-order valence-electron chi connectivity index (χ1n) is 3.18. The molecular formula is C6H15O2P. The molecule has 0 aliphatic carbocycles. The quantitative estimate of drug-likeness (QED) is 0.621. The molecule has 0 heterocycles. The van der Waals surface area contributed by atoms with E-state index < -0.39 is 8.38 Å². The van der Waals surface area contributed by atoms with Crippen molar-refractivity contribution in [3.8, 4) is 0 Å². The summed E-state index contributed by atoms with van der Waals surface area (Å²) < 4.78 is 4.97. The van der Waals surface area contributed by atoms with Gasteiger partial charge in [-0.25, -0.2) is 0 Å². The van der Waals surface area contributed by atoms with Crippen LogP contribution in [0, 0.1) is 5.92 Å². The molecule has 0 aromatic heterocycles. The molecule has 0 aliphatic rings. The maximum absolute atomic E-state index is 8.71. The van der Waals surface area contributed by atoms with Gasteiger partial charge in [-0.05, 0) is 12.3 Å². The Morgan fingerprint density at radius 1 is 1.56 bits per heavy atom. The van der Waals surface area contributed by atoms with Gasteiger partial charge in [0.2, 0.25) is 0 Å². The second kappa shape index (κ2) is 5.16. The fourth-order valence-electron chi connectivity index (χ4n) is 0.421. The minimum absolute atomic E-state index is 0.667. The highest BCUT2D eigenvalue weighted by atomic mass is 31.2. The van der Waals surface area contributed by atoms with Crippen LogP contribution >= 0.6 is 8.38 Å². The molecule has 0 spiro atoms. The van der Waals surface area contributed by atoms with Crippen LogP contribution in [0.2, 0.25) is 0 Å². The van der Waals surface area contributed by atoms with Gasteiger partial charge in [-0.15, -0.1) is 0 Å². The lowest BCUT2D eigenvalue weighted by Crippen LogP contribution is -1.94. The zero-order valence-electron chi connectivity index (χ0n) is 6.29. The van der Waals surface area contributed by atoms with Crippen molar-refractivity contribution in [3.63, 3.8) is 0 Å². The molecule has 3 heteroatoms. The molecule has 0 rings (SSSR count). The monoisotopic (exact) mass is 150 g/mol. The van der Waals surface area contributed by atoms with Crippen molar-refractivity contribution >= 4 is 8.38 Å². The topological polar surface area (TPSA) is 29.5 Å². The summed E-state index contributed by atoms with van der Waals surface area (Å²) in [5.74, 6) is 0.667. The van der Waals surface area contributed by atoms with Crippen LogP contribution in [-0.2, 0) is 4.52 Å². The van der Waals surface area contributed by atoms with Crippen molar-refractivity contribution in [2.75, 3.05) is 13.3 Å². The van der Waals surface area contributed by atoms with E-state index in [1.54, 1.807) is 6.66 Å². The second-order valence-corrected chi connectivity index (χ2v) is 3.67. The summed E-state index contributed by atoms with van der Waals surface area (Å²) in [6, 6.07) is 0. The van der Waals surface area contributed by atoms with Crippen molar-refractivity contribution in [3.05, 3.63) is 0 Å². The van der Waals surface area contributed by atoms with Crippen molar-refractivity contribution in [2.45, 2.75) is 20.3 Å². The number of hydrogen-bond acceptors (Lipinski definition) is 2. The zero-order valence-corrected chi connectivity index (χ0v) is 7.19. The van der Waals surface area contributed by atoms with Crippen LogP contribution in [0.1, 0.15) is 20.3 Å². The van der Waals surface area contributed by atoms with Gasteiger partial charge in [-0.1, -0.05) is 13.8 Å². The van der Waals surface area contributed by atoms with Gasteiger partial charge in [-0.2, -0.15) is 0 Å². The summed E-state index contributed by atoms with van der Waals surface area (Å²) in [5.41, 5.74) is 0. The molecule has 0 aromatic carbocycles. The van der Waals surface area contributed by atoms with Gasteiger partial charge >= 0.3 is 0 Å². The van der Waals surface area contributed by atoms with Gasteiger partial charge in [0.25, 0.3) is 0 Å². The summed E-state index contributed by atoms with van der Waals surface area (Å²) in [5, 5.41) is 0. The van der Waals surface area contributed by atoms with Gasteiger partial charge in [0.05, 0.1) is 6.61 Å². The summed E-state index contributed by atoms with van der Waals surface area (Å²) in [6.45, 7) is 6.66. The molecule has 0 bridgehead atoms. The predicted octanol–water partition coefficient (Wildman–Crippen LogP) is 1.98. The smallest absolute Gasteiger partial charge is 0.164 e. The third kappa shape index (κ3) is 8.35. The molecule has 0 saturated carbocycles. The Labute approximate surface area is 58.1 Å². The van der Waals surface area contributed by atoms with Crippen molar-refractivity contribution in [1.82, 2.24) is 0 Å². The average molecular weight is 150 g/mol. The van der Waals surface area contributed by atoms with Crippen LogP contribution in [0.4, 0.5) is 0 Å². The fourth-order valence-corrected chi connectivity index (χ4v) is 0.790. The van der Waals surface area contributed by atoms with E-state index >= 15 is 0 Å². The Morgan fingerprint density at radius 3 is 2.44 bits per heavy atom. The molecule has 9 heavy (non-hydrogen) atoms. The van der Waals surface area contributed by atoms with Crippen LogP contribution in [0.15, 0.2) is 0 Å². The highest BCUT2D eigenvalue weighted by Gasteiger charge is 1.96. The third-order valence-electron chi connectivity index (χ3n) is 0.973. The highest BCUT2D eigenvalue weighted by Crippen LogP contribution is 2.25. The van der Waals surface area contributed by atoms with E-state index in [0.717, 1.165) is 6.42 Å². The minimum atomic E-state index is -1.13. The first-order chi connectivity index (χ1) is 4.13. The molecule has 0 saturated heterocycles. The normalized spacial score (nSPS) is 14.3. The van der Waals surface area contributed by atoms with Gasteiger partial charge < -0.3 is 9.42 Å². The first kappa shape index (κ1) is 9.35. The standard InChI is InChI=1S/C6H15O2P/c1-6(2)4-5-8-9(3)7/h6-7H,4-5H2,1-3H3. The summed E-state index contributed by atoms with van der Waals surface area (Å²) in [6.07, 6.45) is 1.03. The lowest BCUT2D eigenvalue weighted by Gasteiger charge is -2.06. The fraction of sp³-hybridized carbons (Fsp3) is 1.00. The number of hydrogen-bond donors (Lipinski definition) is 1. The largest absolute Gasteiger partial charge is 0.350 e. The zero-order chi connectivity index (χ0) is 7.28. The van der Waals surface area contributed by atoms with E-state index in [2.05, 4.69) is 13.8 Å². The third-order valence-corrected chi connectivity index (χ3v) is 1.53. The van der Waals surface area contributed by atoms with Crippen LogP contribution in [0.3, 0.4) is 0 Å². The molecule has 2 nitrogen and oxygen atoms in total. The Hall–Kier alpha value is 0.350. The second-order valence-electron chi connectivity index (χ2n) is 2.48. The van der Waals surface area contributed by atoms with Crippen LogP contribution < -0.4 is 0 Å². The van der Waals surface area contributed by atoms with Crippen LogP contribution in [-0.4, -0.2) is 18.2 Å². The van der Waals surface area contributed by atoms with E-state index in [4.69, 9.17) is 9.42 Å². The molecule has 0 radical (unpaired) electrons. The van der Waals surface area contributed by atoms with Gasteiger partial charge in [0.15, 0.2) is 8.38 Å². The lowest BCUT2D eigenvalue weighted by molar-refractivity contribution is 0.288. The van der Waals surface area contributed by atoms with E-state index in [1.807, 2.05) is 0 Å². The SMILES string of the molecule is CC(C)CCOP(C)O. The van der Waals surface area contributed by atoms with Crippen LogP contribution in [0.5, 0.6) is 0 Å². The molecule has 0 amide bonds. The average Bonchev–Trinajstić information content (AvgIpc) is 1.63. The van der Waals surface area contributed by atoms with Gasteiger partial charge in [0.1, 0.15) is 0 Å². The highest BCUT2D eigenvalue weighted by molar-refractivity contribution is 7.45. The van der Waals surface area contributed by atoms with E-state index in [9.17, 15) is 0 Å². The van der Waals surface area contributed by atoms with E-state index in [0.29, 0.717) is 12.5 Å².